The van der Waals surface area contributed by atoms with E-state index >= 15 is 0 Å². The van der Waals surface area contributed by atoms with E-state index in [0.29, 0.717) is 28.2 Å². The summed E-state index contributed by atoms with van der Waals surface area (Å²) in [5.41, 5.74) is -0.650. The van der Waals surface area contributed by atoms with E-state index in [1.807, 2.05) is 0 Å². The lowest BCUT2D eigenvalue weighted by Crippen LogP contribution is -2.44. The Morgan fingerprint density at radius 2 is 1.89 bits per heavy atom. The maximum absolute atomic E-state index is 13.6. The number of likely N-dealkylation sites (tertiary alicyclic amines) is 1. The summed E-state index contributed by atoms with van der Waals surface area (Å²) in [5, 5.41) is 13.9. The quantitative estimate of drug-likeness (QED) is 0.322. The van der Waals surface area contributed by atoms with Crippen molar-refractivity contribution in [2.75, 3.05) is 6.54 Å². The van der Waals surface area contributed by atoms with Crippen LogP contribution in [0.5, 0.6) is 0 Å². The Kier molecular flexibility index (Phi) is 8.18. The number of imide groups is 1. The normalized spacial score (nSPS) is 20.3. The minimum atomic E-state index is -4.60. The topological polar surface area (TPSA) is 122 Å². The molecule has 5 rings (SSSR count). The first-order valence-electron chi connectivity index (χ1n) is 13.3. The third-order valence-corrected chi connectivity index (χ3v) is 8.16. The van der Waals surface area contributed by atoms with Crippen LogP contribution in [0.25, 0.3) is 17.0 Å². The van der Waals surface area contributed by atoms with Crippen molar-refractivity contribution in [3.8, 4) is 0 Å². The molecule has 1 aromatic heterocycles. The molecule has 3 aromatic rings. The van der Waals surface area contributed by atoms with Crippen LogP contribution in [0.4, 0.5) is 22.8 Å². The van der Waals surface area contributed by atoms with Gasteiger partial charge >= 0.3 is 18.2 Å². The van der Waals surface area contributed by atoms with Gasteiger partial charge in [-0.05, 0) is 74.0 Å². The number of rotatable bonds is 5. The van der Waals surface area contributed by atoms with E-state index in [0.717, 1.165) is 15.9 Å². The van der Waals surface area contributed by atoms with Crippen LogP contribution < -0.4 is 0 Å². The number of hydrogen-bond donors (Lipinski definition) is 1. The summed E-state index contributed by atoms with van der Waals surface area (Å²) in [4.78, 5) is 52.8. The fourth-order valence-electron chi connectivity index (χ4n) is 5.14. The van der Waals surface area contributed by atoms with Crippen LogP contribution in [0.15, 0.2) is 47.5 Å². The van der Waals surface area contributed by atoms with Crippen molar-refractivity contribution in [2.45, 2.75) is 57.6 Å². The number of amides is 3. The number of carboxylic acids is 1. The molecule has 2 atom stereocenters. The maximum atomic E-state index is 13.6. The SMILES string of the molecule is CC(C)(C)OC(=O)N1C[C@H](N2C(=O)S/C(=C\c3ccc4c(cnn4Cc4ccc(Cl)cc4C(F)(F)F)c3)C2=O)C[C@H]1C(=O)O. The molecule has 2 aromatic carbocycles. The zero-order chi connectivity index (χ0) is 32.1. The molecule has 2 aliphatic rings. The molecule has 2 aliphatic heterocycles. The Morgan fingerprint density at radius 1 is 1.16 bits per heavy atom. The molecule has 2 fully saturated rings. The maximum Gasteiger partial charge on any atom is 0.416 e. The molecular formula is C29H26ClF3N4O6S. The van der Waals surface area contributed by atoms with Crippen molar-refractivity contribution in [1.82, 2.24) is 19.6 Å². The van der Waals surface area contributed by atoms with Crippen LogP contribution in [0, 0.1) is 0 Å². The summed E-state index contributed by atoms with van der Waals surface area (Å²) in [6.07, 6.45) is -2.61. The van der Waals surface area contributed by atoms with Gasteiger partial charge in [-0.1, -0.05) is 23.7 Å². The van der Waals surface area contributed by atoms with Crippen molar-refractivity contribution in [1.29, 1.82) is 0 Å². The van der Waals surface area contributed by atoms with E-state index in [-0.39, 0.29) is 35.0 Å². The Morgan fingerprint density at radius 3 is 2.55 bits per heavy atom. The van der Waals surface area contributed by atoms with Gasteiger partial charge in [0.2, 0.25) is 0 Å². The van der Waals surface area contributed by atoms with Gasteiger partial charge in [0.05, 0.1) is 34.8 Å². The number of nitrogens with zero attached hydrogens (tertiary/aromatic N) is 4. The first-order valence-corrected chi connectivity index (χ1v) is 14.5. The second-order valence-corrected chi connectivity index (χ2v) is 12.8. The van der Waals surface area contributed by atoms with E-state index in [2.05, 4.69) is 5.10 Å². The molecule has 0 unspecified atom stereocenters. The number of carboxylic acid groups (broad SMARTS) is 1. The van der Waals surface area contributed by atoms with Crippen LogP contribution >= 0.6 is 23.4 Å². The van der Waals surface area contributed by atoms with Gasteiger partial charge in [-0.2, -0.15) is 18.3 Å². The highest BCUT2D eigenvalue weighted by atomic mass is 35.5. The van der Waals surface area contributed by atoms with Crippen LogP contribution in [-0.4, -0.2) is 72.1 Å². The second kappa shape index (κ2) is 11.5. The molecule has 3 amide bonds. The summed E-state index contributed by atoms with van der Waals surface area (Å²) in [6, 6.07) is 6.39. The van der Waals surface area contributed by atoms with Gasteiger partial charge in [-0.3, -0.25) is 24.1 Å². The number of hydrogen-bond acceptors (Lipinski definition) is 7. The molecule has 1 N–H and O–H groups in total. The lowest BCUT2D eigenvalue weighted by molar-refractivity contribution is -0.142. The summed E-state index contributed by atoms with van der Waals surface area (Å²) in [5.74, 6) is -1.90. The number of aliphatic carboxylic acids is 1. The monoisotopic (exact) mass is 650 g/mol. The molecule has 0 aliphatic carbocycles. The van der Waals surface area contributed by atoms with Gasteiger partial charge in [-0.15, -0.1) is 0 Å². The van der Waals surface area contributed by atoms with Gasteiger partial charge in [-0.25, -0.2) is 9.59 Å². The predicted octanol–water partition coefficient (Wildman–Crippen LogP) is 6.26. The van der Waals surface area contributed by atoms with Crippen molar-refractivity contribution < 1.29 is 42.2 Å². The summed E-state index contributed by atoms with van der Waals surface area (Å²) >= 11 is 6.48. The van der Waals surface area contributed by atoms with Crippen molar-refractivity contribution in [3.63, 3.8) is 0 Å². The Balaban J connectivity index is 1.35. The van der Waals surface area contributed by atoms with E-state index < -0.39 is 52.6 Å². The number of carbonyl (C=O) groups is 4. The molecule has 44 heavy (non-hydrogen) atoms. The lowest BCUT2D eigenvalue weighted by atomic mass is 10.1. The molecule has 0 spiro atoms. The third kappa shape index (κ3) is 6.41. The van der Waals surface area contributed by atoms with Gasteiger partial charge in [0.15, 0.2) is 0 Å². The minimum absolute atomic E-state index is 0.00747. The number of aromatic nitrogens is 2. The first kappa shape index (κ1) is 31.4. The smallest absolute Gasteiger partial charge is 0.416 e. The molecule has 0 bridgehead atoms. The number of alkyl halides is 3. The van der Waals surface area contributed by atoms with Gasteiger partial charge in [0.25, 0.3) is 11.1 Å². The van der Waals surface area contributed by atoms with Gasteiger partial charge < -0.3 is 9.84 Å². The first-order chi connectivity index (χ1) is 20.5. The summed E-state index contributed by atoms with van der Waals surface area (Å²) in [6.45, 7) is 4.57. The molecule has 15 heteroatoms. The molecular weight excluding hydrogens is 625 g/mol. The number of benzene rings is 2. The molecule has 0 radical (unpaired) electrons. The molecule has 0 saturated carbocycles. The van der Waals surface area contributed by atoms with Crippen LogP contribution in [-0.2, 0) is 27.0 Å². The largest absolute Gasteiger partial charge is 0.480 e. The molecule has 3 heterocycles. The van der Waals surface area contributed by atoms with E-state index in [4.69, 9.17) is 16.3 Å². The average Bonchev–Trinajstić information content (AvgIpc) is 3.59. The van der Waals surface area contributed by atoms with Gasteiger partial charge in [0, 0.05) is 23.4 Å². The van der Waals surface area contributed by atoms with E-state index in [9.17, 15) is 37.5 Å². The molecule has 2 saturated heterocycles. The second-order valence-electron chi connectivity index (χ2n) is 11.3. The number of thioether (sulfide) groups is 1. The Bertz CT molecular complexity index is 1720. The molecule has 10 nitrogen and oxygen atoms in total. The van der Waals surface area contributed by atoms with Crippen LogP contribution in [0.3, 0.4) is 0 Å². The number of ether oxygens (including phenoxy) is 1. The number of carbonyl (C=O) groups excluding carboxylic acids is 3. The number of halogens is 4. The standard InChI is InChI=1S/C29H26ClF3N4O6S/c1-28(2,3)43-26(41)35-14-19(11-22(35)25(39)40)37-24(38)23(44-27(37)42)9-15-4-7-21-17(8-15)12-34-36(21)13-16-5-6-18(30)10-20(16)29(31,32)33/h4-10,12,19,22H,11,13-14H2,1-3H3,(H,39,40)/b23-9-/t19-,22+/m1/s1. The third-order valence-electron chi connectivity index (χ3n) is 7.04. The van der Waals surface area contributed by atoms with Crippen molar-refractivity contribution >= 4 is 63.6 Å². The highest BCUT2D eigenvalue weighted by Gasteiger charge is 2.49. The zero-order valence-corrected chi connectivity index (χ0v) is 25.2. The average molecular weight is 651 g/mol. The van der Waals surface area contributed by atoms with Crippen LogP contribution in [0.2, 0.25) is 5.02 Å². The summed E-state index contributed by atoms with van der Waals surface area (Å²) < 4.78 is 47.4. The van der Waals surface area contributed by atoms with Gasteiger partial charge in [0.1, 0.15) is 11.6 Å². The van der Waals surface area contributed by atoms with E-state index in [1.165, 1.54) is 29.1 Å². The fraction of sp³-hybridized carbons (Fsp3) is 0.345. The highest BCUT2D eigenvalue weighted by Crippen LogP contribution is 2.38. The summed E-state index contributed by atoms with van der Waals surface area (Å²) in [7, 11) is 0. The lowest BCUT2D eigenvalue weighted by Gasteiger charge is -2.27. The number of fused-ring (bicyclic) bond motifs is 1. The minimum Gasteiger partial charge on any atom is -0.480 e. The Labute approximate surface area is 258 Å². The van der Waals surface area contributed by atoms with Crippen LogP contribution in [0.1, 0.15) is 43.9 Å². The predicted molar refractivity (Wildman–Crippen MR) is 156 cm³/mol. The van der Waals surface area contributed by atoms with Crippen molar-refractivity contribution in [2.24, 2.45) is 0 Å². The van der Waals surface area contributed by atoms with Crippen molar-refractivity contribution in [3.05, 3.63) is 69.2 Å². The molecule has 232 valence electrons. The Hall–Kier alpha value is -4.04. The van der Waals surface area contributed by atoms with E-state index in [1.54, 1.807) is 39.0 Å². The highest BCUT2D eigenvalue weighted by molar-refractivity contribution is 8.18. The fourth-order valence-corrected chi connectivity index (χ4v) is 6.21. The zero-order valence-electron chi connectivity index (χ0n) is 23.6.